The van der Waals surface area contributed by atoms with Crippen LogP contribution in [-0.4, -0.2) is 45.1 Å². The predicted octanol–water partition coefficient (Wildman–Crippen LogP) is 3.22. The Hall–Kier alpha value is -3.56. The van der Waals surface area contributed by atoms with E-state index in [4.69, 9.17) is 9.47 Å². The molecule has 0 unspecified atom stereocenters. The minimum absolute atomic E-state index is 0.00921. The van der Waals surface area contributed by atoms with Crippen LogP contribution in [0, 0.1) is 0 Å². The highest BCUT2D eigenvalue weighted by Crippen LogP contribution is 2.34. The van der Waals surface area contributed by atoms with Crippen molar-refractivity contribution in [3.05, 3.63) is 83.9 Å². The van der Waals surface area contributed by atoms with E-state index >= 15 is 0 Å². The third-order valence-corrected chi connectivity index (χ3v) is 7.27. The highest BCUT2D eigenvalue weighted by atomic mass is 32.2. The van der Waals surface area contributed by atoms with Gasteiger partial charge in [-0.25, -0.2) is 8.42 Å². The summed E-state index contributed by atoms with van der Waals surface area (Å²) in [4.78, 5) is 15.2. The Bertz CT molecular complexity index is 1300. The number of sulfonamides is 1. The van der Waals surface area contributed by atoms with E-state index in [1.807, 2.05) is 18.2 Å². The molecule has 1 amide bonds. The minimum atomic E-state index is -3.89. The molecule has 9 heteroatoms. The number of rotatable bonds is 7. The van der Waals surface area contributed by atoms with Gasteiger partial charge < -0.3 is 14.8 Å². The number of carbonyl (C=O) groups excluding carboxylic acids is 1. The van der Waals surface area contributed by atoms with Crippen molar-refractivity contribution in [2.75, 3.05) is 24.6 Å². The number of benzene rings is 3. The molecule has 3 aromatic carbocycles. The maximum absolute atomic E-state index is 12.9. The quantitative estimate of drug-likeness (QED) is 0.540. The van der Waals surface area contributed by atoms with Gasteiger partial charge in [-0.15, -0.1) is 0 Å². The Kier molecular flexibility index (Phi) is 6.12. The van der Waals surface area contributed by atoms with Crippen LogP contribution in [0.15, 0.2) is 77.7 Å². The molecule has 2 heterocycles. The molecular formula is C25H25N3O5S. The molecule has 3 aromatic rings. The first kappa shape index (κ1) is 22.2. The van der Waals surface area contributed by atoms with Crippen LogP contribution in [0.1, 0.15) is 22.3 Å². The lowest BCUT2D eigenvalue weighted by atomic mass is 10.2. The van der Waals surface area contributed by atoms with E-state index in [9.17, 15) is 13.2 Å². The highest BCUT2D eigenvalue weighted by Gasteiger charge is 2.25. The molecule has 0 aromatic heterocycles. The van der Waals surface area contributed by atoms with Crippen LogP contribution in [0.4, 0.5) is 5.69 Å². The fraction of sp³-hybridized carbons (Fsp3) is 0.240. The van der Waals surface area contributed by atoms with E-state index in [1.165, 1.54) is 17.7 Å². The van der Waals surface area contributed by atoms with Crippen molar-refractivity contribution < 1.29 is 22.7 Å². The summed E-state index contributed by atoms with van der Waals surface area (Å²) in [5.41, 5.74) is 1.89. The molecule has 2 aliphatic heterocycles. The Morgan fingerprint density at radius 2 is 1.79 bits per heavy atom. The lowest BCUT2D eigenvalue weighted by Gasteiger charge is -2.17. The summed E-state index contributed by atoms with van der Waals surface area (Å²) in [5.74, 6) is 0.758. The van der Waals surface area contributed by atoms with Crippen molar-refractivity contribution in [1.29, 1.82) is 0 Å². The molecule has 0 bridgehead atoms. The van der Waals surface area contributed by atoms with Crippen molar-refractivity contribution in [3.8, 4) is 11.5 Å². The van der Waals surface area contributed by atoms with Crippen LogP contribution in [0.3, 0.4) is 0 Å². The lowest BCUT2D eigenvalue weighted by Crippen LogP contribution is -2.37. The minimum Gasteiger partial charge on any atom is -0.454 e. The summed E-state index contributed by atoms with van der Waals surface area (Å²) in [6.07, 6.45) is 0.849. The topological polar surface area (TPSA) is 97.0 Å². The molecule has 0 aliphatic carbocycles. The van der Waals surface area contributed by atoms with Crippen molar-refractivity contribution in [2.24, 2.45) is 0 Å². The molecule has 0 radical (unpaired) electrons. The molecule has 0 spiro atoms. The summed E-state index contributed by atoms with van der Waals surface area (Å²) >= 11 is 0. The van der Waals surface area contributed by atoms with Crippen LogP contribution in [0.2, 0.25) is 0 Å². The zero-order chi connectivity index (χ0) is 23.5. The van der Waals surface area contributed by atoms with E-state index in [0.717, 1.165) is 26.1 Å². The molecule has 1 atom stereocenters. The first-order valence-corrected chi connectivity index (χ1v) is 12.5. The summed E-state index contributed by atoms with van der Waals surface area (Å²) in [6, 6.07) is 21.1. The first-order chi connectivity index (χ1) is 16.5. The van der Waals surface area contributed by atoms with Crippen LogP contribution >= 0.6 is 0 Å². The van der Waals surface area contributed by atoms with Crippen molar-refractivity contribution in [3.63, 3.8) is 0 Å². The second-order valence-corrected chi connectivity index (χ2v) is 10.1. The predicted molar refractivity (Wildman–Crippen MR) is 127 cm³/mol. The average Bonchev–Trinajstić information content (AvgIpc) is 3.48. The molecule has 2 N–H and O–H groups in total. The molecule has 1 saturated heterocycles. The van der Waals surface area contributed by atoms with Crippen LogP contribution in [0.5, 0.6) is 11.5 Å². The van der Waals surface area contributed by atoms with E-state index in [2.05, 4.69) is 27.1 Å². The molecule has 1 fully saturated rings. The molecule has 5 rings (SSSR count). The van der Waals surface area contributed by atoms with Gasteiger partial charge in [-0.2, -0.15) is 0 Å². The van der Waals surface area contributed by atoms with E-state index < -0.39 is 10.0 Å². The number of hydrogen-bond donors (Lipinski definition) is 2. The van der Waals surface area contributed by atoms with Gasteiger partial charge in [-0.05, 0) is 42.3 Å². The van der Waals surface area contributed by atoms with E-state index in [0.29, 0.717) is 22.7 Å². The van der Waals surface area contributed by atoms with Gasteiger partial charge in [0.1, 0.15) is 0 Å². The maximum atomic E-state index is 12.9. The van der Waals surface area contributed by atoms with Crippen molar-refractivity contribution in [2.45, 2.75) is 23.9 Å². The van der Waals surface area contributed by atoms with Gasteiger partial charge in [0.25, 0.3) is 15.9 Å². The van der Waals surface area contributed by atoms with Gasteiger partial charge in [0.05, 0.1) is 10.6 Å². The molecule has 2 aliphatic rings. The monoisotopic (exact) mass is 479 g/mol. The van der Waals surface area contributed by atoms with E-state index in [-0.39, 0.29) is 23.6 Å². The second kappa shape index (κ2) is 9.36. The largest absolute Gasteiger partial charge is 0.454 e. The molecule has 34 heavy (non-hydrogen) atoms. The zero-order valence-electron chi connectivity index (χ0n) is 18.4. The molecule has 8 nitrogen and oxygen atoms in total. The van der Waals surface area contributed by atoms with Crippen molar-refractivity contribution in [1.82, 2.24) is 10.2 Å². The third-order valence-electron chi connectivity index (χ3n) is 5.89. The van der Waals surface area contributed by atoms with Gasteiger partial charge in [-0.1, -0.05) is 36.4 Å². The van der Waals surface area contributed by atoms with Crippen molar-refractivity contribution >= 4 is 21.6 Å². The fourth-order valence-corrected chi connectivity index (χ4v) is 5.28. The second-order valence-electron chi connectivity index (χ2n) is 8.38. The number of likely N-dealkylation sites (tertiary alicyclic amines) is 1. The molecular weight excluding hydrogens is 454 g/mol. The van der Waals surface area contributed by atoms with Crippen LogP contribution in [0.25, 0.3) is 0 Å². The Morgan fingerprint density at radius 3 is 2.65 bits per heavy atom. The third kappa shape index (κ3) is 5.00. The van der Waals surface area contributed by atoms with Gasteiger partial charge in [0, 0.05) is 37.3 Å². The SMILES string of the molecule is O=C(N[C@@H]1CCN(Cc2ccccc2)C1)c1cccc(S(=O)(=O)Nc2ccc3c(c2)OCO3)c1. The normalized spacial score (nSPS) is 17.5. The summed E-state index contributed by atoms with van der Waals surface area (Å²) < 4.78 is 38.9. The summed E-state index contributed by atoms with van der Waals surface area (Å²) in [7, 11) is -3.89. The summed E-state index contributed by atoms with van der Waals surface area (Å²) in [5, 5.41) is 3.04. The highest BCUT2D eigenvalue weighted by molar-refractivity contribution is 7.92. The number of amides is 1. The number of carbonyl (C=O) groups is 1. The van der Waals surface area contributed by atoms with Gasteiger partial charge in [0.15, 0.2) is 11.5 Å². The van der Waals surface area contributed by atoms with Crippen LogP contribution in [-0.2, 0) is 16.6 Å². The van der Waals surface area contributed by atoms with Gasteiger partial charge in [-0.3, -0.25) is 14.4 Å². The smallest absolute Gasteiger partial charge is 0.261 e. The number of nitrogens with zero attached hydrogens (tertiary/aromatic N) is 1. The zero-order valence-corrected chi connectivity index (χ0v) is 19.3. The number of fused-ring (bicyclic) bond motifs is 1. The standard InChI is InChI=1S/C25H25N3O5S/c29-25(26-21-11-12-28(16-21)15-18-5-2-1-3-6-18)19-7-4-8-22(13-19)34(30,31)27-20-9-10-23-24(14-20)33-17-32-23/h1-10,13-14,21,27H,11-12,15-17H2,(H,26,29)/t21-/m1/s1. The fourth-order valence-electron chi connectivity index (χ4n) is 4.18. The summed E-state index contributed by atoms with van der Waals surface area (Å²) in [6.45, 7) is 2.60. The Morgan fingerprint density at radius 1 is 0.971 bits per heavy atom. The average molecular weight is 480 g/mol. The van der Waals surface area contributed by atoms with E-state index in [1.54, 1.807) is 30.3 Å². The Balaban J connectivity index is 1.22. The van der Waals surface area contributed by atoms with Gasteiger partial charge in [0.2, 0.25) is 6.79 Å². The van der Waals surface area contributed by atoms with Gasteiger partial charge >= 0.3 is 0 Å². The molecule has 0 saturated carbocycles. The number of nitrogens with one attached hydrogen (secondary N) is 2. The Labute approximate surface area is 198 Å². The maximum Gasteiger partial charge on any atom is 0.261 e. The lowest BCUT2D eigenvalue weighted by molar-refractivity contribution is 0.0937. The first-order valence-electron chi connectivity index (χ1n) is 11.1. The molecule has 176 valence electrons. The number of anilines is 1. The van der Waals surface area contributed by atoms with Crippen LogP contribution < -0.4 is 19.5 Å². The number of ether oxygens (including phenoxy) is 2. The number of hydrogen-bond acceptors (Lipinski definition) is 6.